The number of hydrogen-bond acceptors (Lipinski definition) is 5. The monoisotopic (exact) mass is 440 g/mol. The quantitative estimate of drug-likeness (QED) is 0.512. The minimum atomic E-state index is -0.374. The SMILES string of the molecule is O=C(Nc1ccc(-c2nnc3n2CCCCC3)cc1)c1ccc(=O)n(Cc2ccccc2)n1. The van der Waals surface area contributed by atoms with Crippen LogP contribution in [0.5, 0.6) is 0 Å². The number of aromatic nitrogens is 5. The molecule has 4 aromatic rings. The average molecular weight is 441 g/mol. The lowest BCUT2D eigenvalue weighted by molar-refractivity contribution is 0.102. The average Bonchev–Trinajstić information content (AvgIpc) is 3.09. The number of carbonyl (C=O) groups is 1. The fourth-order valence-electron chi connectivity index (χ4n) is 4.04. The molecular formula is C25H24N6O2. The molecule has 1 N–H and O–H groups in total. The lowest BCUT2D eigenvalue weighted by Crippen LogP contribution is -2.26. The number of benzene rings is 2. The number of nitrogens with one attached hydrogen (secondary N) is 1. The highest BCUT2D eigenvalue weighted by atomic mass is 16.2. The number of carbonyl (C=O) groups excluding carboxylic acids is 1. The molecule has 33 heavy (non-hydrogen) atoms. The maximum absolute atomic E-state index is 12.8. The van der Waals surface area contributed by atoms with Gasteiger partial charge in [0, 0.05) is 30.3 Å². The molecule has 0 radical (unpaired) electrons. The van der Waals surface area contributed by atoms with Gasteiger partial charge in [0.15, 0.2) is 5.82 Å². The van der Waals surface area contributed by atoms with Gasteiger partial charge in [0.25, 0.3) is 11.5 Å². The Bertz CT molecular complexity index is 1330. The number of aryl methyl sites for hydroxylation is 1. The molecule has 0 spiro atoms. The van der Waals surface area contributed by atoms with Crippen LogP contribution in [0.15, 0.2) is 71.5 Å². The van der Waals surface area contributed by atoms with Crippen LogP contribution in [0, 0.1) is 0 Å². The van der Waals surface area contributed by atoms with Gasteiger partial charge >= 0.3 is 0 Å². The summed E-state index contributed by atoms with van der Waals surface area (Å²) in [6.45, 7) is 1.23. The molecule has 0 atom stereocenters. The minimum Gasteiger partial charge on any atom is -0.321 e. The van der Waals surface area contributed by atoms with Crippen molar-refractivity contribution in [2.75, 3.05) is 5.32 Å². The van der Waals surface area contributed by atoms with Crippen LogP contribution in [0.3, 0.4) is 0 Å². The second-order valence-corrected chi connectivity index (χ2v) is 8.13. The van der Waals surface area contributed by atoms with Crippen molar-refractivity contribution in [3.8, 4) is 11.4 Å². The largest absolute Gasteiger partial charge is 0.321 e. The normalized spacial score (nSPS) is 13.2. The third-order valence-electron chi connectivity index (χ3n) is 5.78. The zero-order valence-electron chi connectivity index (χ0n) is 18.1. The molecule has 0 fully saturated rings. The van der Waals surface area contributed by atoms with E-state index in [-0.39, 0.29) is 17.2 Å². The Morgan fingerprint density at radius 1 is 0.909 bits per heavy atom. The number of nitrogens with zero attached hydrogens (tertiary/aromatic N) is 5. The van der Waals surface area contributed by atoms with Crippen molar-refractivity contribution >= 4 is 11.6 Å². The first-order chi connectivity index (χ1) is 16.2. The van der Waals surface area contributed by atoms with Crippen LogP contribution >= 0.6 is 0 Å². The Balaban J connectivity index is 1.31. The molecular weight excluding hydrogens is 416 g/mol. The molecule has 0 saturated carbocycles. The van der Waals surface area contributed by atoms with Crippen molar-refractivity contribution < 1.29 is 4.79 Å². The van der Waals surface area contributed by atoms with E-state index >= 15 is 0 Å². The molecule has 0 bridgehead atoms. The van der Waals surface area contributed by atoms with E-state index in [1.165, 1.54) is 23.2 Å². The number of hydrogen-bond donors (Lipinski definition) is 1. The van der Waals surface area contributed by atoms with Crippen LogP contribution in [-0.4, -0.2) is 30.5 Å². The fourth-order valence-corrected chi connectivity index (χ4v) is 4.04. The highest BCUT2D eigenvalue weighted by Crippen LogP contribution is 2.24. The molecule has 1 aliphatic rings. The summed E-state index contributed by atoms with van der Waals surface area (Å²) in [4.78, 5) is 24.9. The number of anilines is 1. The van der Waals surface area contributed by atoms with Crippen molar-refractivity contribution in [3.05, 3.63) is 94.2 Å². The Kier molecular flexibility index (Phi) is 5.80. The van der Waals surface area contributed by atoms with Crippen LogP contribution in [0.25, 0.3) is 11.4 Å². The summed E-state index contributed by atoms with van der Waals surface area (Å²) in [5.74, 6) is 1.52. The number of amides is 1. The Morgan fingerprint density at radius 2 is 1.73 bits per heavy atom. The topological polar surface area (TPSA) is 94.7 Å². The van der Waals surface area contributed by atoms with E-state index in [0.29, 0.717) is 12.2 Å². The van der Waals surface area contributed by atoms with E-state index in [1.54, 1.807) is 0 Å². The first kappa shape index (κ1) is 20.8. The van der Waals surface area contributed by atoms with Gasteiger partial charge in [-0.3, -0.25) is 9.59 Å². The number of rotatable bonds is 5. The van der Waals surface area contributed by atoms with Crippen molar-refractivity contribution in [2.24, 2.45) is 0 Å². The molecule has 166 valence electrons. The van der Waals surface area contributed by atoms with E-state index in [0.717, 1.165) is 48.6 Å². The molecule has 2 aromatic carbocycles. The molecule has 1 amide bonds. The molecule has 1 aliphatic heterocycles. The summed E-state index contributed by atoms with van der Waals surface area (Å²) in [6.07, 6.45) is 4.45. The summed E-state index contributed by atoms with van der Waals surface area (Å²) >= 11 is 0. The molecule has 8 heteroatoms. The molecule has 5 rings (SSSR count). The predicted molar refractivity (Wildman–Crippen MR) is 125 cm³/mol. The van der Waals surface area contributed by atoms with Gasteiger partial charge in [-0.1, -0.05) is 36.8 Å². The van der Waals surface area contributed by atoms with Crippen LogP contribution in [0.1, 0.15) is 41.1 Å². The van der Waals surface area contributed by atoms with Gasteiger partial charge in [0.1, 0.15) is 11.5 Å². The summed E-state index contributed by atoms with van der Waals surface area (Å²) in [6, 6.07) is 19.9. The summed E-state index contributed by atoms with van der Waals surface area (Å²) in [7, 11) is 0. The van der Waals surface area contributed by atoms with Gasteiger partial charge in [0.2, 0.25) is 0 Å². The molecule has 2 aromatic heterocycles. The van der Waals surface area contributed by atoms with Gasteiger partial charge in [-0.2, -0.15) is 5.10 Å². The van der Waals surface area contributed by atoms with E-state index in [1.807, 2.05) is 54.6 Å². The van der Waals surface area contributed by atoms with E-state index in [9.17, 15) is 9.59 Å². The summed E-state index contributed by atoms with van der Waals surface area (Å²) in [5, 5.41) is 15.8. The Labute approximate surface area is 190 Å². The van der Waals surface area contributed by atoms with Gasteiger partial charge in [-0.25, -0.2) is 4.68 Å². The molecule has 0 aliphatic carbocycles. The summed E-state index contributed by atoms with van der Waals surface area (Å²) < 4.78 is 3.49. The molecule has 3 heterocycles. The maximum Gasteiger partial charge on any atom is 0.276 e. The van der Waals surface area contributed by atoms with Crippen LogP contribution in [0.2, 0.25) is 0 Å². The van der Waals surface area contributed by atoms with Crippen LogP contribution in [0.4, 0.5) is 5.69 Å². The first-order valence-corrected chi connectivity index (χ1v) is 11.1. The lowest BCUT2D eigenvalue weighted by atomic mass is 10.2. The zero-order valence-corrected chi connectivity index (χ0v) is 18.1. The van der Waals surface area contributed by atoms with Gasteiger partial charge < -0.3 is 9.88 Å². The van der Waals surface area contributed by atoms with Crippen LogP contribution in [-0.2, 0) is 19.5 Å². The van der Waals surface area contributed by atoms with Crippen molar-refractivity contribution in [3.63, 3.8) is 0 Å². The predicted octanol–water partition coefficient (Wildman–Crippen LogP) is 3.53. The third-order valence-corrected chi connectivity index (χ3v) is 5.78. The zero-order chi connectivity index (χ0) is 22.6. The van der Waals surface area contributed by atoms with Crippen LogP contribution < -0.4 is 10.9 Å². The Morgan fingerprint density at radius 3 is 2.55 bits per heavy atom. The molecule has 0 unspecified atom stereocenters. The molecule has 0 saturated heterocycles. The van der Waals surface area contributed by atoms with E-state index in [4.69, 9.17) is 0 Å². The maximum atomic E-state index is 12.8. The van der Waals surface area contributed by atoms with Crippen molar-refractivity contribution in [1.82, 2.24) is 24.5 Å². The van der Waals surface area contributed by atoms with Gasteiger partial charge in [0.05, 0.1) is 6.54 Å². The smallest absolute Gasteiger partial charge is 0.276 e. The van der Waals surface area contributed by atoms with Crippen molar-refractivity contribution in [1.29, 1.82) is 0 Å². The second kappa shape index (κ2) is 9.20. The lowest BCUT2D eigenvalue weighted by Gasteiger charge is -2.09. The highest BCUT2D eigenvalue weighted by Gasteiger charge is 2.16. The second-order valence-electron chi connectivity index (χ2n) is 8.13. The van der Waals surface area contributed by atoms with Gasteiger partial charge in [-0.05, 0) is 48.7 Å². The third kappa shape index (κ3) is 4.59. The minimum absolute atomic E-state index is 0.178. The number of fused-ring (bicyclic) bond motifs is 1. The standard InChI is InChI=1S/C25H24N6O2/c32-23-15-14-21(29-31(23)17-18-7-3-1-4-8-18)25(33)26-20-12-10-19(11-13-20)24-28-27-22-9-5-2-6-16-30(22)24/h1,3-4,7-8,10-15H,2,5-6,9,16-17H2,(H,26,33). The van der Waals surface area contributed by atoms with E-state index < -0.39 is 0 Å². The summed E-state index contributed by atoms with van der Waals surface area (Å²) in [5.41, 5.74) is 2.46. The van der Waals surface area contributed by atoms with Gasteiger partial charge in [-0.15, -0.1) is 10.2 Å². The Hall–Kier alpha value is -4.07. The van der Waals surface area contributed by atoms with E-state index in [2.05, 4.69) is 25.2 Å². The highest BCUT2D eigenvalue weighted by molar-refractivity contribution is 6.02. The first-order valence-electron chi connectivity index (χ1n) is 11.1. The molecule has 8 nitrogen and oxygen atoms in total. The fraction of sp³-hybridized carbons (Fsp3) is 0.240. The van der Waals surface area contributed by atoms with Crippen molar-refractivity contribution in [2.45, 2.75) is 38.8 Å².